The number of benzene rings is 1. The highest BCUT2D eigenvalue weighted by atomic mass is 16.5. The zero-order chi connectivity index (χ0) is 12.7. The maximum Gasteiger partial charge on any atom is 0.188 e. The van der Waals surface area contributed by atoms with Gasteiger partial charge in [-0.15, -0.1) is 0 Å². The SMILES string of the molecule is Cc1ccccc1C(=O)COCCOC(C)C. The molecule has 0 heterocycles. The summed E-state index contributed by atoms with van der Waals surface area (Å²) in [6.45, 7) is 6.97. The van der Waals surface area contributed by atoms with Crippen LogP contribution in [0, 0.1) is 6.92 Å². The molecule has 0 aliphatic rings. The second kappa shape index (κ2) is 7.20. The number of ether oxygens (including phenoxy) is 2. The number of hydrogen-bond donors (Lipinski definition) is 0. The smallest absolute Gasteiger partial charge is 0.188 e. The molecule has 0 aliphatic carbocycles. The van der Waals surface area contributed by atoms with Gasteiger partial charge in [0.1, 0.15) is 6.61 Å². The van der Waals surface area contributed by atoms with Crippen molar-refractivity contribution in [3.8, 4) is 0 Å². The van der Waals surface area contributed by atoms with Crippen LogP contribution in [0.25, 0.3) is 0 Å². The van der Waals surface area contributed by atoms with Crippen LogP contribution >= 0.6 is 0 Å². The van der Waals surface area contributed by atoms with E-state index >= 15 is 0 Å². The largest absolute Gasteiger partial charge is 0.376 e. The zero-order valence-corrected chi connectivity index (χ0v) is 10.7. The average Bonchev–Trinajstić information content (AvgIpc) is 2.28. The van der Waals surface area contributed by atoms with Crippen LogP contribution in [0.2, 0.25) is 0 Å². The van der Waals surface area contributed by atoms with E-state index in [2.05, 4.69) is 0 Å². The fraction of sp³-hybridized carbons (Fsp3) is 0.500. The predicted octanol–water partition coefficient (Wildman–Crippen LogP) is 2.62. The van der Waals surface area contributed by atoms with Gasteiger partial charge in [-0.1, -0.05) is 24.3 Å². The highest BCUT2D eigenvalue weighted by molar-refractivity contribution is 5.98. The van der Waals surface area contributed by atoms with Gasteiger partial charge in [-0.2, -0.15) is 0 Å². The van der Waals surface area contributed by atoms with Crippen LogP contribution in [0.3, 0.4) is 0 Å². The summed E-state index contributed by atoms with van der Waals surface area (Å²) in [6, 6.07) is 7.53. The van der Waals surface area contributed by atoms with E-state index in [9.17, 15) is 4.79 Å². The Bertz CT molecular complexity index is 358. The second-order valence-electron chi connectivity index (χ2n) is 4.21. The lowest BCUT2D eigenvalue weighted by atomic mass is 10.1. The zero-order valence-electron chi connectivity index (χ0n) is 10.7. The van der Waals surface area contributed by atoms with E-state index in [1.807, 2.05) is 45.0 Å². The van der Waals surface area contributed by atoms with Crippen molar-refractivity contribution < 1.29 is 14.3 Å². The van der Waals surface area contributed by atoms with Gasteiger partial charge < -0.3 is 9.47 Å². The number of rotatable bonds is 7. The van der Waals surface area contributed by atoms with Gasteiger partial charge in [-0.3, -0.25) is 4.79 Å². The highest BCUT2D eigenvalue weighted by Gasteiger charge is 2.07. The predicted molar refractivity (Wildman–Crippen MR) is 67.4 cm³/mol. The standard InChI is InChI=1S/C14H20O3/c1-11(2)17-9-8-16-10-14(15)13-7-5-4-6-12(13)3/h4-7,11H,8-10H2,1-3H3. The minimum Gasteiger partial charge on any atom is -0.376 e. The molecule has 0 aliphatic heterocycles. The molecular formula is C14H20O3. The van der Waals surface area contributed by atoms with Gasteiger partial charge in [0.2, 0.25) is 0 Å². The van der Waals surface area contributed by atoms with Crippen LogP contribution in [-0.4, -0.2) is 31.7 Å². The van der Waals surface area contributed by atoms with E-state index in [1.54, 1.807) is 0 Å². The van der Waals surface area contributed by atoms with Crippen molar-refractivity contribution in [2.75, 3.05) is 19.8 Å². The first-order valence-electron chi connectivity index (χ1n) is 5.89. The molecule has 3 heteroatoms. The van der Waals surface area contributed by atoms with Gasteiger partial charge in [0.25, 0.3) is 0 Å². The molecule has 0 spiro atoms. The molecule has 94 valence electrons. The van der Waals surface area contributed by atoms with E-state index in [1.165, 1.54) is 0 Å². The molecule has 1 rings (SSSR count). The molecule has 1 aromatic carbocycles. The Morgan fingerprint density at radius 2 is 1.94 bits per heavy atom. The molecule has 0 unspecified atom stereocenters. The van der Waals surface area contributed by atoms with Crippen LogP contribution in [0.4, 0.5) is 0 Å². The van der Waals surface area contributed by atoms with Crippen molar-refractivity contribution in [3.63, 3.8) is 0 Å². The summed E-state index contributed by atoms with van der Waals surface area (Å²) in [7, 11) is 0. The molecule has 0 bridgehead atoms. The number of hydrogen-bond acceptors (Lipinski definition) is 3. The average molecular weight is 236 g/mol. The first-order valence-corrected chi connectivity index (χ1v) is 5.89. The molecule has 0 fully saturated rings. The van der Waals surface area contributed by atoms with Crippen LogP contribution in [-0.2, 0) is 9.47 Å². The molecule has 0 radical (unpaired) electrons. The normalized spacial score (nSPS) is 10.8. The number of ketones is 1. The molecule has 0 saturated heterocycles. The molecule has 0 atom stereocenters. The van der Waals surface area contributed by atoms with Crippen molar-refractivity contribution in [2.24, 2.45) is 0 Å². The van der Waals surface area contributed by atoms with Crippen molar-refractivity contribution >= 4 is 5.78 Å². The lowest BCUT2D eigenvalue weighted by Crippen LogP contribution is -2.15. The monoisotopic (exact) mass is 236 g/mol. The lowest BCUT2D eigenvalue weighted by molar-refractivity contribution is 0.0208. The van der Waals surface area contributed by atoms with Crippen molar-refractivity contribution in [1.29, 1.82) is 0 Å². The molecular weight excluding hydrogens is 216 g/mol. The van der Waals surface area contributed by atoms with Gasteiger partial charge in [-0.25, -0.2) is 0 Å². The van der Waals surface area contributed by atoms with Crippen LogP contribution < -0.4 is 0 Å². The number of Topliss-reactive ketones (excluding diaryl/α,β-unsaturated/α-hetero) is 1. The molecule has 0 aromatic heterocycles. The maximum absolute atomic E-state index is 11.8. The number of carbonyl (C=O) groups excluding carboxylic acids is 1. The molecule has 1 aromatic rings. The van der Waals surface area contributed by atoms with Gasteiger partial charge in [0.15, 0.2) is 5.78 Å². The Kier molecular flexibility index (Phi) is 5.87. The van der Waals surface area contributed by atoms with Crippen LogP contribution in [0.5, 0.6) is 0 Å². The summed E-state index contributed by atoms with van der Waals surface area (Å²) >= 11 is 0. The number of aryl methyl sites for hydroxylation is 1. The minimum absolute atomic E-state index is 0.0210. The fourth-order valence-electron chi connectivity index (χ4n) is 1.47. The third-order valence-electron chi connectivity index (χ3n) is 2.36. The second-order valence-corrected chi connectivity index (χ2v) is 4.21. The fourth-order valence-corrected chi connectivity index (χ4v) is 1.47. The van der Waals surface area contributed by atoms with Crippen LogP contribution in [0.1, 0.15) is 29.8 Å². The molecule has 17 heavy (non-hydrogen) atoms. The Hall–Kier alpha value is -1.19. The Morgan fingerprint density at radius 3 is 2.59 bits per heavy atom. The molecule has 0 N–H and O–H groups in total. The van der Waals surface area contributed by atoms with Crippen molar-refractivity contribution in [3.05, 3.63) is 35.4 Å². The topological polar surface area (TPSA) is 35.5 Å². The quantitative estimate of drug-likeness (QED) is 0.539. The van der Waals surface area contributed by atoms with Gasteiger partial charge in [0, 0.05) is 5.56 Å². The van der Waals surface area contributed by atoms with E-state index in [0.29, 0.717) is 13.2 Å². The van der Waals surface area contributed by atoms with Crippen LogP contribution in [0.15, 0.2) is 24.3 Å². The minimum atomic E-state index is 0.0210. The summed E-state index contributed by atoms with van der Waals surface area (Å²) < 4.78 is 10.6. The lowest BCUT2D eigenvalue weighted by Gasteiger charge is -2.08. The molecule has 0 amide bonds. The van der Waals surface area contributed by atoms with Gasteiger partial charge in [-0.05, 0) is 26.3 Å². The summed E-state index contributed by atoms with van der Waals surface area (Å²) in [5, 5.41) is 0. The third kappa shape index (κ3) is 5.11. The van der Waals surface area contributed by atoms with E-state index in [-0.39, 0.29) is 18.5 Å². The summed E-state index contributed by atoms with van der Waals surface area (Å²) in [6.07, 6.45) is 0.200. The van der Waals surface area contributed by atoms with Gasteiger partial charge in [0.05, 0.1) is 19.3 Å². The molecule has 0 saturated carbocycles. The molecule has 3 nitrogen and oxygen atoms in total. The van der Waals surface area contributed by atoms with Gasteiger partial charge >= 0.3 is 0 Å². The van der Waals surface area contributed by atoms with E-state index in [0.717, 1.165) is 11.1 Å². The first kappa shape index (κ1) is 13.9. The summed E-state index contributed by atoms with van der Waals surface area (Å²) in [4.78, 5) is 11.8. The summed E-state index contributed by atoms with van der Waals surface area (Å²) in [5.41, 5.74) is 1.72. The Balaban J connectivity index is 2.29. The van der Waals surface area contributed by atoms with Crippen molar-refractivity contribution in [1.82, 2.24) is 0 Å². The third-order valence-corrected chi connectivity index (χ3v) is 2.36. The maximum atomic E-state index is 11.8. The Morgan fingerprint density at radius 1 is 1.24 bits per heavy atom. The first-order chi connectivity index (χ1) is 8.11. The number of carbonyl (C=O) groups is 1. The van der Waals surface area contributed by atoms with Crippen molar-refractivity contribution in [2.45, 2.75) is 26.9 Å². The highest BCUT2D eigenvalue weighted by Crippen LogP contribution is 2.07. The van der Waals surface area contributed by atoms with E-state index in [4.69, 9.17) is 9.47 Å². The van der Waals surface area contributed by atoms with E-state index < -0.39 is 0 Å². The summed E-state index contributed by atoms with van der Waals surface area (Å²) in [5.74, 6) is 0.0210. The Labute approximate surface area is 103 Å².